The summed E-state index contributed by atoms with van der Waals surface area (Å²) in [6.45, 7) is 1.06. The normalized spacial score (nSPS) is 15.7. The first kappa shape index (κ1) is 22.3. The number of carbonyl (C=O) groups is 1. The fourth-order valence-corrected chi connectivity index (χ4v) is 4.93. The lowest BCUT2D eigenvalue weighted by atomic mass is 10.1. The highest BCUT2D eigenvalue weighted by molar-refractivity contribution is 7.98. The van der Waals surface area contributed by atoms with E-state index in [1.54, 1.807) is 41.1 Å². The topological polar surface area (TPSA) is 105 Å². The molecule has 174 valence electrons. The van der Waals surface area contributed by atoms with E-state index in [4.69, 9.17) is 14.5 Å². The SMILES string of the molecule is COC(=O)c1ccc2c(=O)n(C[C@@H]3CCCO3)c(SCc3cc(=O)n4ccccc4n3)nc2c1. The highest BCUT2D eigenvalue weighted by Crippen LogP contribution is 2.24. The molecular weight excluding hydrogens is 456 g/mol. The Labute approximate surface area is 198 Å². The van der Waals surface area contributed by atoms with Crippen LogP contribution in [0.4, 0.5) is 0 Å². The Kier molecular flexibility index (Phi) is 6.16. The molecule has 1 aliphatic rings. The Bertz CT molecular complexity index is 1510. The number of thioether (sulfide) groups is 1. The Hall–Kier alpha value is -3.50. The van der Waals surface area contributed by atoms with Gasteiger partial charge in [-0.1, -0.05) is 17.8 Å². The first-order valence-corrected chi connectivity index (χ1v) is 11.9. The Morgan fingerprint density at radius 1 is 1.21 bits per heavy atom. The zero-order valence-corrected chi connectivity index (χ0v) is 19.3. The van der Waals surface area contributed by atoms with Crippen molar-refractivity contribution in [1.82, 2.24) is 18.9 Å². The molecule has 0 aliphatic carbocycles. The molecule has 10 heteroatoms. The number of hydrogen-bond acceptors (Lipinski definition) is 8. The van der Waals surface area contributed by atoms with E-state index in [-0.39, 0.29) is 17.2 Å². The number of benzene rings is 1. The number of ether oxygens (including phenoxy) is 2. The summed E-state index contributed by atoms with van der Waals surface area (Å²) >= 11 is 1.32. The van der Waals surface area contributed by atoms with Gasteiger partial charge in [0.1, 0.15) is 5.65 Å². The largest absolute Gasteiger partial charge is 0.465 e. The lowest BCUT2D eigenvalue weighted by Gasteiger charge is -2.16. The third-order valence-electron chi connectivity index (χ3n) is 5.72. The van der Waals surface area contributed by atoms with Crippen molar-refractivity contribution in [1.29, 1.82) is 0 Å². The molecule has 1 saturated heterocycles. The zero-order chi connectivity index (χ0) is 23.7. The number of nitrogens with zero attached hydrogens (tertiary/aromatic N) is 4. The molecule has 34 heavy (non-hydrogen) atoms. The van der Waals surface area contributed by atoms with E-state index >= 15 is 0 Å². The average Bonchev–Trinajstić information content (AvgIpc) is 3.37. The number of carbonyl (C=O) groups excluding carboxylic acids is 1. The molecule has 1 fully saturated rings. The van der Waals surface area contributed by atoms with E-state index < -0.39 is 5.97 Å². The van der Waals surface area contributed by atoms with Crippen LogP contribution in [-0.4, -0.2) is 44.7 Å². The number of rotatable bonds is 6. The van der Waals surface area contributed by atoms with E-state index in [1.165, 1.54) is 29.3 Å². The van der Waals surface area contributed by atoms with E-state index in [1.807, 2.05) is 6.07 Å². The number of fused-ring (bicyclic) bond motifs is 2. The second-order valence-corrected chi connectivity index (χ2v) is 8.91. The molecule has 1 atom stereocenters. The van der Waals surface area contributed by atoms with Gasteiger partial charge in [-0.3, -0.25) is 18.6 Å². The van der Waals surface area contributed by atoms with Crippen molar-refractivity contribution in [2.24, 2.45) is 0 Å². The number of pyridine rings is 1. The molecule has 0 unspecified atom stereocenters. The highest BCUT2D eigenvalue weighted by atomic mass is 32.2. The van der Waals surface area contributed by atoms with Gasteiger partial charge >= 0.3 is 5.97 Å². The fourth-order valence-electron chi connectivity index (χ4n) is 4.02. The quantitative estimate of drug-likeness (QED) is 0.237. The molecule has 5 rings (SSSR count). The third kappa shape index (κ3) is 4.34. The minimum Gasteiger partial charge on any atom is -0.465 e. The van der Waals surface area contributed by atoms with Crippen LogP contribution in [0.3, 0.4) is 0 Å². The van der Waals surface area contributed by atoms with Crippen molar-refractivity contribution >= 4 is 34.3 Å². The van der Waals surface area contributed by atoms with Gasteiger partial charge in [0.2, 0.25) is 0 Å². The number of methoxy groups -OCH3 is 1. The van der Waals surface area contributed by atoms with Gasteiger partial charge in [-0.05, 0) is 43.2 Å². The first-order chi connectivity index (χ1) is 16.5. The summed E-state index contributed by atoms with van der Waals surface area (Å²) in [6.07, 6.45) is 3.44. The van der Waals surface area contributed by atoms with Gasteiger partial charge in [-0.25, -0.2) is 14.8 Å². The number of hydrogen-bond donors (Lipinski definition) is 0. The molecule has 0 amide bonds. The van der Waals surface area contributed by atoms with Crippen LogP contribution in [0, 0.1) is 0 Å². The molecule has 1 aromatic carbocycles. The van der Waals surface area contributed by atoms with Gasteiger partial charge < -0.3 is 9.47 Å². The van der Waals surface area contributed by atoms with E-state index in [2.05, 4.69) is 4.98 Å². The Morgan fingerprint density at radius 2 is 2.09 bits per heavy atom. The zero-order valence-electron chi connectivity index (χ0n) is 18.5. The monoisotopic (exact) mass is 478 g/mol. The molecule has 1 aliphatic heterocycles. The van der Waals surface area contributed by atoms with Gasteiger partial charge in [0.05, 0.1) is 41.9 Å². The van der Waals surface area contributed by atoms with Crippen LogP contribution in [0.15, 0.2) is 63.4 Å². The van der Waals surface area contributed by atoms with E-state index in [9.17, 15) is 14.4 Å². The van der Waals surface area contributed by atoms with Crippen LogP contribution in [0.5, 0.6) is 0 Å². The summed E-state index contributed by atoms with van der Waals surface area (Å²) in [5, 5.41) is 0.891. The van der Waals surface area contributed by atoms with Crippen LogP contribution in [0.25, 0.3) is 16.6 Å². The summed E-state index contributed by atoms with van der Waals surface area (Å²) in [5.41, 5.74) is 1.49. The van der Waals surface area contributed by atoms with Gasteiger partial charge in [-0.2, -0.15) is 0 Å². The lowest BCUT2D eigenvalue weighted by Crippen LogP contribution is -2.29. The Balaban J connectivity index is 1.54. The van der Waals surface area contributed by atoms with Crippen molar-refractivity contribution in [2.75, 3.05) is 13.7 Å². The first-order valence-electron chi connectivity index (χ1n) is 10.9. The van der Waals surface area contributed by atoms with E-state index in [0.29, 0.717) is 51.9 Å². The van der Waals surface area contributed by atoms with E-state index in [0.717, 1.165) is 12.8 Å². The van der Waals surface area contributed by atoms with Crippen molar-refractivity contribution in [3.63, 3.8) is 0 Å². The smallest absolute Gasteiger partial charge is 0.337 e. The van der Waals surface area contributed by atoms with Crippen molar-refractivity contribution in [2.45, 2.75) is 36.4 Å². The van der Waals surface area contributed by atoms with Crippen LogP contribution < -0.4 is 11.1 Å². The molecule has 0 radical (unpaired) electrons. The fraction of sp³-hybridized carbons (Fsp3) is 0.292. The molecule has 4 heterocycles. The van der Waals surface area contributed by atoms with Crippen LogP contribution in [-0.2, 0) is 21.8 Å². The molecule has 9 nitrogen and oxygen atoms in total. The summed E-state index contributed by atoms with van der Waals surface area (Å²) in [4.78, 5) is 47.1. The number of aromatic nitrogens is 4. The minimum atomic E-state index is -0.498. The van der Waals surface area contributed by atoms with Crippen molar-refractivity contribution in [3.05, 3.63) is 80.6 Å². The van der Waals surface area contributed by atoms with Gasteiger partial charge in [0.15, 0.2) is 5.16 Å². The molecular formula is C24H22N4O5S. The standard InChI is InChI=1S/C24H22N4O5S/c1-32-23(31)15-7-8-18-19(11-15)26-24(28(22(18)30)13-17-5-4-10-33-17)34-14-16-12-21(29)27-9-3-2-6-20(27)25-16/h2-3,6-9,11-12,17H,4-5,10,13-14H2,1H3/t17-/m0/s1. The van der Waals surface area contributed by atoms with Gasteiger partial charge in [0, 0.05) is 24.6 Å². The summed E-state index contributed by atoms with van der Waals surface area (Å²) in [7, 11) is 1.31. The third-order valence-corrected chi connectivity index (χ3v) is 6.73. The van der Waals surface area contributed by atoms with Gasteiger partial charge in [-0.15, -0.1) is 0 Å². The Morgan fingerprint density at radius 3 is 2.88 bits per heavy atom. The predicted octanol–water partition coefficient (Wildman–Crippen LogP) is 2.66. The molecule has 0 N–H and O–H groups in total. The van der Waals surface area contributed by atoms with Crippen molar-refractivity contribution < 1.29 is 14.3 Å². The maximum Gasteiger partial charge on any atom is 0.337 e. The predicted molar refractivity (Wildman–Crippen MR) is 127 cm³/mol. The maximum atomic E-state index is 13.4. The average molecular weight is 479 g/mol. The maximum absolute atomic E-state index is 13.4. The summed E-state index contributed by atoms with van der Waals surface area (Å²) in [5.74, 6) is -0.150. The molecule has 0 saturated carbocycles. The molecule has 0 bridgehead atoms. The second kappa shape index (κ2) is 9.40. The second-order valence-electron chi connectivity index (χ2n) is 7.97. The summed E-state index contributed by atoms with van der Waals surface area (Å²) in [6, 6.07) is 11.6. The van der Waals surface area contributed by atoms with Gasteiger partial charge in [0.25, 0.3) is 11.1 Å². The number of esters is 1. The van der Waals surface area contributed by atoms with Crippen LogP contribution in [0.2, 0.25) is 0 Å². The van der Waals surface area contributed by atoms with Crippen LogP contribution >= 0.6 is 11.8 Å². The molecule has 4 aromatic rings. The molecule has 0 spiro atoms. The lowest BCUT2D eigenvalue weighted by molar-refractivity contribution is 0.0601. The van der Waals surface area contributed by atoms with Crippen LogP contribution in [0.1, 0.15) is 28.9 Å². The van der Waals surface area contributed by atoms with Crippen molar-refractivity contribution in [3.8, 4) is 0 Å². The highest BCUT2D eigenvalue weighted by Gasteiger charge is 2.21. The summed E-state index contributed by atoms with van der Waals surface area (Å²) < 4.78 is 13.7. The molecule has 3 aromatic heterocycles. The minimum absolute atomic E-state index is 0.0610.